The Morgan fingerprint density at radius 3 is 2.48 bits per heavy atom. The number of carbonyl (C=O) groups excluding carboxylic acids is 1. The summed E-state index contributed by atoms with van der Waals surface area (Å²) in [7, 11) is 0. The monoisotopic (exact) mass is 293 g/mol. The van der Waals surface area contributed by atoms with Gasteiger partial charge in [0.1, 0.15) is 0 Å². The first-order valence-corrected chi connectivity index (χ1v) is 7.72. The second-order valence-electron chi connectivity index (χ2n) is 4.77. The van der Waals surface area contributed by atoms with Crippen LogP contribution < -0.4 is 5.32 Å². The zero-order valence-electron chi connectivity index (χ0n) is 11.5. The highest BCUT2D eigenvalue weighted by Gasteiger charge is 2.08. The van der Waals surface area contributed by atoms with E-state index in [0.29, 0.717) is 6.42 Å². The van der Waals surface area contributed by atoms with Gasteiger partial charge in [-0.1, -0.05) is 48.5 Å². The number of para-hydroxylation sites is 1. The van der Waals surface area contributed by atoms with Crippen LogP contribution in [0.3, 0.4) is 0 Å². The van der Waals surface area contributed by atoms with E-state index in [-0.39, 0.29) is 5.91 Å². The van der Waals surface area contributed by atoms with Crippen molar-refractivity contribution in [3.63, 3.8) is 0 Å². The number of anilines is 1. The zero-order chi connectivity index (χ0) is 14.5. The molecule has 1 aromatic heterocycles. The van der Waals surface area contributed by atoms with Crippen LogP contribution in [0.25, 0.3) is 11.1 Å². The van der Waals surface area contributed by atoms with Crippen LogP contribution in [0, 0.1) is 0 Å². The van der Waals surface area contributed by atoms with E-state index < -0.39 is 0 Å². The smallest absolute Gasteiger partial charge is 0.228 e. The average molecular weight is 293 g/mol. The Morgan fingerprint density at radius 1 is 0.952 bits per heavy atom. The van der Waals surface area contributed by atoms with Gasteiger partial charge in [-0.25, -0.2) is 0 Å². The fraction of sp³-hybridized carbons (Fsp3) is 0.0556. The second-order valence-corrected chi connectivity index (χ2v) is 5.55. The van der Waals surface area contributed by atoms with Crippen LogP contribution in [0.15, 0.2) is 71.4 Å². The Hall–Kier alpha value is -2.39. The van der Waals surface area contributed by atoms with E-state index >= 15 is 0 Å². The summed E-state index contributed by atoms with van der Waals surface area (Å²) >= 11 is 1.61. The molecule has 0 aliphatic carbocycles. The number of amides is 1. The summed E-state index contributed by atoms with van der Waals surface area (Å²) in [6.07, 6.45) is 0.409. The molecule has 3 heteroatoms. The van der Waals surface area contributed by atoms with E-state index in [1.165, 1.54) is 0 Å². The summed E-state index contributed by atoms with van der Waals surface area (Å²) < 4.78 is 0. The minimum Gasteiger partial charge on any atom is -0.325 e. The molecule has 0 radical (unpaired) electrons. The number of nitrogens with one attached hydrogen (secondary N) is 1. The Kier molecular flexibility index (Phi) is 4.12. The van der Waals surface area contributed by atoms with Crippen molar-refractivity contribution >= 4 is 22.9 Å². The molecule has 2 aromatic carbocycles. The van der Waals surface area contributed by atoms with Gasteiger partial charge in [-0.05, 0) is 34.0 Å². The van der Waals surface area contributed by atoms with Crippen LogP contribution in [-0.2, 0) is 11.2 Å². The third-order valence-corrected chi connectivity index (χ3v) is 3.96. The maximum atomic E-state index is 12.2. The van der Waals surface area contributed by atoms with Gasteiger partial charge in [0.05, 0.1) is 6.42 Å². The summed E-state index contributed by atoms with van der Waals surface area (Å²) in [4.78, 5) is 12.2. The van der Waals surface area contributed by atoms with Crippen molar-refractivity contribution in [3.8, 4) is 11.1 Å². The van der Waals surface area contributed by atoms with Gasteiger partial charge in [-0.2, -0.15) is 11.3 Å². The largest absolute Gasteiger partial charge is 0.325 e. The predicted octanol–water partition coefficient (Wildman–Crippen LogP) is 4.60. The van der Waals surface area contributed by atoms with Crippen molar-refractivity contribution in [2.45, 2.75) is 6.42 Å². The first kappa shape index (κ1) is 13.6. The molecule has 0 saturated heterocycles. The summed E-state index contributed by atoms with van der Waals surface area (Å²) in [5.41, 5.74) is 4.04. The van der Waals surface area contributed by atoms with E-state index in [4.69, 9.17) is 0 Å². The topological polar surface area (TPSA) is 29.1 Å². The molecule has 0 unspecified atom stereocenters. The summed E-state index contributed by atoms with van der Waals surface area (Å²) in [5.74, 6) is 0.0109. The Bertz CT molecular complexity index is 720. The zero-order valence-corrected chi connectivity index (χ0v) is 12.3. The SMILES string of the molecule is O=C(Cc1ccsc1)Nc1ccccc1-c1ccccc1. The highest BCUT2D eigenvalue weighted by atomic mass is 32.1. The molecular weight excluding hydrogens is 278 g/mol. The summed E-state index contributed by atoms with van der Waals surface area (Å²) in [6, 6.07) is 19.9. The number of benzene rings is 2. The molecule has 3 rings (SSSR count). The summed E-state index contributed by atoms with van der Waals surface area (Å²) in [5, 5.41) is 7.00. The second kappa shape index (κ2) is 6.37. The summed E-state index contributed by atoms with van der Waals surface area (Å²) in [6.45, 7) is 0. The maximum absolute atomic E-state index is 12.2. The van der Waals surface area contributed by atoms with Gasteiger partial charge in [-0.3, -0.25) is 4.79 Å². The van der Waals surface area contributed by atoms with Gasteiger partial charge < -0.3 is 5.32 Å². The molecule has 0 atom stereocenters. The quantitative estimate of drug-likeness (QED) is 0.748. The lowest BCUT2D eigenvalue weighted by Gasteiger charge is -2.11. The van der Waals surface area contributed by atoms with E-state index in [0.717, 1.165) is 22.4 Å². The van der Waals surface area contributed by atoms with Gasteiger partial charge in [0, 0.05) is 11.3 Å². The normalized spacial score (nSPS) is 10.3. The highest BCUT2D eigenvalue weighted by Crippen LogP contribution is 2.27. The van der Waals surface area contributed by atoms with Crippen LogP contribution in [-0.4, -0.2) is 5.91 Å². The third kappa shape index (κ3) is 3.38. The minimum atomic E-state index is 0.0109. The molecular formula is C18H15NOS. The highest BCUT2D eigenvalue weighted by molar-refractivity contribution is 7.08. The molecule has 1 amide bonds. The number of carbonyl (C=O) groups is 1. The predicted molar refractivity (Wildman–Crippen MR) is 88.5 cm³/mol. The third-order valence-electron chi connectivity index (χ3n) is 3.23. The molecule has 1 N–H and O–H groups in total. The molecule has 0 bridgehead atoms. The molecule has 2 nitrogen and oxygen atoms in total. The number of hydrogen-bond donors (Lipinski definition) is 1. The van der Waals surface area contributed by atoms with Crippen LogP contribution in [0.1, 0.15) is 5.56 Å². The molecule has 3 aromatic rings. The average Bonchev–Trinajstić information content (AvgIpc) is 3.01. The molecule has 104 valence electrons. The van der Waals surface area contributed by atoms with Gasteiger partial charge >= 0.3 is 0 Å². The lowest BCUT2D eigenvalue weighted by Crippen LogP contribution is -2.14. The van der Waals surface area contributed by atoms with Crippen molar-refractivity contribution in [2.75, 3.05) is 5.32 Å². The Balaban J connectivity index is 1.81. The number of rotatable bonds is 4. The Labute approximate surface area is 128 Å². The van der Waals surface area contributed by atoms with E-state index in [9.17, 15) is 4.79 Å². The van der Waals surface area contributed by atoms with Gasteiger partial charge in [0.2, 0.25) is 5.91 Å². The first-order chi connectivity index (χ1) is 10.3. The maximum Gasteiger partial charge on any atom is 0.228 e. The van der Waals surface area contributed by atoms with E-state index in [1.807, 2.05) is 71.4 Å². The van der Waals surface area contributed by atoms with Crippen molar-refractivity contribution in [3.05, 3.63) is 77.0 Å². The lowest BCUT2D eigenvalue weighted by atomic mass is 10.0. The van der Waals surface area contributed by atoms with Gasteiger partial charge in [0.25, 0.3) is 0 Å². The molecule has 0 fully saturated rings. The fourth-order valence-electron chi connectivity index (χ4n) is 2.23. The molecule has 0 aliphatic heterocycles. The van der Waals surface area contributed by atoms with Crippen LogP contribution >= 0.6 is 11.3 Å². The van der Waals surface area contributed by atoms with Crippen molar-refractivity contribution in [1.82, 2.24) is 0 Å². The van der Waals surface area contributed by atoms with Crippen molar-refractivity contribution in [2.24, 2.45) is 0 Å². The van der Waals surface area contributed by atoms with Crippen molar-refractivity contribution < 1.29 is 4.79 Å². The standard InChI is InChI=1S/C18H15NOS/c20-18(12-14-10-11-21-13-14)19-17-9-5-4-8-16(17)15-6-2-1-3-7-15/h1-11,13H,12H2,(H,19,20). The molecule has 21 heavy (non-hydrogen) atoms. The van der Waals surface area contributed by atoms with Crippen LogP contribution in [0.2, 0.25) is 0 Å². The van der Waals surface area contributed by atoms with Crippen molar-refractivity contribution in [1.29, 1.82) is 0 Å². The number of hydrogen-bond acceptors (Lipinski definition) is 2. The molecule has 0 saturated carbocycles. The van der Waals surface area contributed by atoms with Crippen LogP contribution in [0.4, 0.5) is 5.69 Å². The van der Waals surface area contributed by atoms with E-state index in [1.54, 1.807) is 11.3 Å². The van der Waals surface area contributed by atoms with E-state index in [2.05, 4.69) is 5.32 Å². The lowest BCUT2D eigenvalue weighted by molar-refractivity contribution is -0.115. The van der Waals surface area contributed by atoms with Gasteiger partial charge in [-0.15, -0.1) is 0 Å². The molecule has 0 spiro atoms. The van der Waals surface area contributed by atoms with Gasteiger partial charge in [0.15, 0.2) is 0 Å². The minimum absolute atomic E-state index is 0.0109. The Morgan fingerprint density at radius 2 is 1.71 bits per heavy atom. The van der Waals surface area contributed by atoms with Crippen LogP contribution in [0.5, 0.6) is 0 Å². The molecule has 0 aliphatic rings. The number of thiophene rings is 1. The molecule has 1 heterocycles. The first-order valence-electron chi connectivity index (χ1n) is 6.78. The fourth-order valence-corrected chi connectivity index (χ4v) is 2.90.